The van der Waals surface area contributed by atoms with Gasteiger partial charge in [0.1, 0.15) is 5.82 Å². The minimum Gasteiger partial charge on any atom is -0.393 e. The van der Waals surface area contributed by atoms with Crippen molar-refractivity contribution in [3.8, 4) is 0 Å². The molecule has 1 aliphatic rings. The van der Waals surface area contributed by atoms with Crippen molar-refractivity contribution in [2.24, 2.45) is 0 Å². The third-order valence-electron chi connectivity index (χ3n) is 3.18. The summed E-state index contributed by atoms with van der Waals surface area (Å²) in [5, 5.41) is 9.31. The van der Waals surface area contributed by atoms with Gasteiger partial charge in [0, 0.05) is 5.56 Å². The predicted octanol–water partition coefficient (Wildman–Crippen LogP) is 4.15. The van der Waals surface area contributed by atoms with Gasteiger partial charge in [0.25, 0.3) is 0 Å². The molecule has 0 aromatic heterocycles. The Hall–Kier alpha value is -1.03. The maximum atomic E-state index is 13.5. The van der Waals surface area contributed by atoms with E-state index in [0.29, 0.717) is 25.7 Å². The quantitative estimate of drug-likeness (QED) is 0.752. The van der Waals surface area contributed by atoms with Crippen molar-refractivity contribution in [2.45, 2.75) is 51.6 Å². The summed E-state index contributed by atoms with van der Waals surface area (Å²) in [4.78, 5) is 0. The first kappa shape index (κ1) is 15.0. The number of rotatable bonds is 1. The normalized spacial score (nSPS) is 23.2. The largest absolute Gasteiger partial charge is 0.393 e. The lowest BCUT2D eigenvalue weighted by Crippen LogP contribution is -2.19. The topological polar surface area (TPSA) is 20.2 Å². The fraction of sp³-hybridized carbons (Fsp3) is 0.571. The average molecular weight is 260 g/mol. The molecule has 0 heterocycles. The van der Waals surface area contributed by atoms with Gasteiger partial charge in [-0.2, -0.15) is 0 Å². The molecule has 102 valence electrons. The molecule has 1 N–H and O–H groups in total. The highest BCUT2D eigenvalue weighted by Gasteiger charge is 2.27. The SMILES string of the molecule is CC.OC1CCC(c2c(F)ccc(F)c2F)CC1. The van der Waals surface area contributed by atoms with Gasteiger partial charge in [0.05, 0.1) is 6.10 Å². The van der Waals surface area contributed by atoms with Crippen LogP contribution in [0.5, 0.6) is 0 Å². The monoisotopic (exact) mass is 260 g/mol. The molecule has 0 atom stereocenters. The van der Waals surface area contributed by atoms with Gasteiger partial charge in [-0.3, -0.25) is 0 Å². The molecule has 0 amide bonds. The summed E-state index contributed by atoms with van der Waals surface area (Å²) < 4.78 is 39.9. The van der Waals surface area contributed by atoms with Crippen LogP contribution in [0.25, 0.3) is 0 Å². The smallest absolute Gasteiger partial charge is 0.165 e. The summed E-state index contributed by atoms with van der Waals surface area (Å²) in [6.07, 6.45) is 1.63. The summed E-state index contributed by atoms with van der Waals surface area (Å²) in [7, 11) is 0. The fourth-order valence-corrected chi connectivity index (χ4v) is 2.28. The van der Waals surface area contributed by atoms with E-state index in [0.717, 1.165) is 12.1 Å². The lowest BCUT2D eigenvalue weighted by Gasteiger charge is -2.26. The number of benzene rings is 1. The minimum absolute atomic E-state index is 0.160. The van der Waals surface area contributed by atoms with Crippen LogP contribution in [0.4, 0.5) is 13.2 Å². The molecule has 1 nitrogen and oxygen atoms in total. The Kier molecular flexibility index (Phi) is 5.66. The van der Waals surface area contributed by atoms with Crippen molar-refractivity contribution in [2.75, 3.05) is 0 Å². The number of hydrogen-bond acceptors (Lipinski definition) is 1. The highest BCUT2D eigenvalue weighted by atomic mass is 19.2. The first-order valence-electron chi connectivity index (χ1n) is 6.41. The molecule has 1 fully saturated rings. The summed E-state index contributed by atoms with van der Waals surface area (Å²) >= 11 is 0. The van der Waals surface area contributed by atoms with E-state index in [2.05, 4.69) is 0 Å². The third kappa shape index (κ3) is 3.25. The Morgan fingerprint density at radius 2 is 1.44 bits per heavy atom. The van der Waals surface area contributed by atoms with Crippen LogP contribution < -0.4 is 0 Å². The molecule has 0 saturated heterocycles. The molecule has 1 aromatic rings. The van der Waals surface area contributed by atoms with E-state index in [9.17, 15) is 18.3 Å². The fourth-order valence-electron chi connectivity index (χ4n) is 2.28. The summed E-state index contributed by atoms with van der Waals surface area (Å²) in [5.41, 5.74) is -0.160. The van der Waals surface area contributed by atoms with Crippen molar-refractivity contribution in [3.63, 3.8) is 0 Å². The molecule has 0 unspecified atom stereocenters. The molecule has 2 rings (SSSR count). The highest BCUT2D eigenvalue weighted by Crippen LogP contribution is 2.36. The third-order valence-corrected chi connectivity index (χ3v) is 3.18. The molecule has 4 heteroatoms. The molecule has 0 spiro atoms. The van der Waals surface area contributed by atoms with Gasteiger partial charge < -0.3 is 5.11 Å². The van der Waals surface area contributed by atoms with Gasteiger partial charge in [0.15, 0.2) is 11.6 Å². The van der Waals surface area contributed by atoms with E-state index in [1.807, 2.05) is 13.8 Å². The Labute approximate surface area is 106 Å². The average Bonchev–Trinajstić information content (AvgIpc) is 2.39. The Morgan fingerprint density at radius 3 is 2.00 bits per heavy atom. The van der Waals surface area contributed by atoms with E-state index in [1.54, 1.807) is 0 Å². The van der Waals surface area contributed by atoms with E-state index < -0.39 is 23.6 Å². The lowest BCUT2D eigenvalue weighted by atomic mass is 9.82. The molecule has 1 saturated carbocycles. The lowest BCUT2D eigenvalue weighted by molar-refractivity contribution is 0.121. The van der Waals surface area contributed by atoms with Crippen molar-refractivity contribution in [1.82, 2.24) is 0 Å². The maximum Gasteiger partial charge on any atom is 0.165 e. The van der Waals surface area contributed by atoms with Gasteiger partial charge in [-0.25, -0.2) is 13.2 Å². The van der Waals surface area contributed by atoms with E-state index in [-0.39, 0.29) is 11.5 Å². The van der Waals surface area contributed by atoms with E-state index in [1.165, 1.54) is 0 Å². The molecule has 18 heavy (non-hydrogen) atoms. The zero-order valence-corrected chi connectivity index (χ0v) is 10.7. The maximum absolute atomic E-state index is 13.5. The van der Waals surface area contributed by atoms with Crippen LogP contribution in [0, 0.1) is 17.5 Å². The van der Waals surface area contributed by atoms with Gasteiger partial charge in [-0.1, -0.05) is 13.8 Å². The summed E-state index contributed by atoms with van der Waals surface area (Å²) in [6, 6.07) is 1.75. The van der Waals surface area contributed by atoms with Crippen LogP contribution in [-0.2, 0) is 0 Å². The van der Waals surface area contributed by atoms with Crippen molar-refractivity contribution >= 4 is 0 Å². The first-order valence-corrected chi connectivity index (χ1v) is 6.41. The second-order valence-electron chi connectivity index (χ2n) is 4.26. The van der Waals surface area contributed by atoms with Crippen molar-refractivity contribution in [3.05, 3.63) is 35.1 Å². The van der Waals surface area contributed by atoms with Crippen LogP contribution in [0.15, 0.2) is 12.1 Å². The molecule has 0 bridgehead atoms. The van der Waals surface area contributed by atoms with E-state index in [4.69, 9.17) is 0 Å². The number of aliphatic hydroxyl groups is 1. The Balaban J connectivity index is 0.000000771. The molecular weight excluding hydrogens is 241 g/mol. The van der Waals surface area contributed by atoms with Crippen molar-refractivity contribution in [1.29, 1.82) is 0 Å². The number of aliphatic hydroxyl groups excluding tert-OH is 1. The summed E-state index contributed by atoms with van der Waals surface area (Å²) in [6.45, 7) is 4.00. The minimum atomic E-state index is -1.08. The van der Waals surface area contributed by atoms with Gasteiger partial charge >= 0.3 is 0 Å². The standard InChI is InChI=1S/C12H13F3O.C2H6/c13-9-5-6-10(14)12(15)11(9)7-1-3-8(16)4-2-7;1-2/h5-8,16H,1-4H2;1-2H3. The molecule has 0 aliphatic heterocycles. The van der Waals surface area contributed by atoms with Crippen molar-refractivity contribution < 1.29 is 18.3 Å². The first-order chi connectivity index (χ1) is 8.59. The van der Waals surface area contributed by atoms with Gasteiger partial charge in [-0.05, 0) is 43.7 Å². The molecule has 1 aromatic carbocycles. The van der Waals surface area contributed by atoms with Crippen LogP contribution in [0.2, 0.25) is 0 Å². The Morgan fingerprint density at radius 1 is 0.944 bits per heavy atom. The summed E-state index contributed by atoms with van der Waals surface area (Å²) in [5.74, 6) is -3.11. The Bertz CT molecular complexity index is 385. The van der Waals surface area contributed by atoms with Crippen LogP contribution in [-0.4, -0.2) is 11.2 Å². The second kappa shape index (κ2) is 6.78. The molecule has 1 aliphatic carbocycles. The second-order valence-corrected chi connectivity index (χ2v) is 4.26. The van der Waals surface area contributed by atoms with Crippen LogP contribution in [0.3, 0.4) is 0 Å². The zero-order valence-electron chi connectivity index (χ0n) is 10.7. The zero-order chi connectivity index (χ0) is 13.7. The predicted molar refractivity (Wildman–Crippen MR) is 64.9 cm³/mol. The number of halogens is 3. The number of hydrogen-bond donors (Lipinski definition) is 1. The van der Waals surface area contributed by atoms with Crippen LogP contribution in [0.1, 0.15) is 51.0 Å². The van der Waals surface area contributed by atoms with E-state index >= 15 is 0 Å². The molecule has 0 radical (unpaired) electrons. The van der Waals surface area contributed by atoms with Gasteiger partial charge in [-0.15, -0.1) is 0 Å². The molecular formula is C14H19F3O. The van der Waals surface area contributed by atoms with Crippen LogP contribution >= 0.6 is 0 Å². The highest BCUT2D eigenvalue weighted by molar-refractivity contribution is 5.25. The van der Waals surface area contributed by atoms with Gasteiger partial charge in [0.2, 0.25) is 0 Å².